The molecule has 2 N–H and O–H groups in total. The van der Waals surface area contributed by atoms with Crippen LogP contribution in [-0.2, 0) is 9.59 Å². The molecule has 1 aromatic heterocycles. The molecule has 1 aromatic rings. The van der Waals surface area contributed by atoms with E-state index >= 15 is 0 Å². The van der Waals surface area contributed by atoms with Gasteiger partial charge in [0, 0.05) is 31.0 Å². The topological polar surface area (TPSA) is 91.4 Å². The van der Waals surface area contributed by atoms with Crippen molar-refractivity contribution in [1.29, 1.82) is 0 Å². The molecule has 0 aromatic carbocycles. The number of thioether (sulfide) groups is 1. The van der Waals surface area contributed by atoms with Crippen molar-refractivity contribution in [3.63, 3.8) is 0 Å². The number of amides is 3. The summed E-state index contributed by atoms with van der Waals surface area (Å²) in [5.41, 5.74) is 0.283. The van der Waals surface area contributed by atoms with Gasteiger partial charge in [-0.15, -0.1) is 0 Å². The maximum absolute atomic E-state index is 12.3. The van der Waals surface area contributed by atoms with Crippen LogP contribution in [0.5, 0.6) is 0 Å². The molecule has 7 nitrogen and oxygen atoms in total. The lowest BCUT2D eigenvalue weighted by Gasteiger charge is -2.27. The highest BCUT2D eigenvalue weighted by Crippen LogP contribution is 2.17. The minimum absolute atomic E-state index is 0.232. The standard InChI is InChI=1S/C15H18N4O3S/c20-13-5-4-11(15(22)18-13)17-14(21)10-2-1-3-12(16-10)19-6-8-23-9-7-19/h1-3,11H,4-9H2,(H,17,21)(H,18,20,22). The van der Waals surface area contributed by atoms with Crippen LogP contribution in [0.25, 0.3) is 0 Å². The summed E-state index contributed by atoms with van der Waals surface area (Å²) in [7, 11) is 0. The molecule has 3 rings (SSSR count). The van der Waals surface area contributed by atoms with Gasteiger partial charge in [-0.2, -0.15) is 11.8 Å². The lowest BCUT2D eigenvalue weighted by molar-refractivity contribution is -0.134. The van der Waals surface area contributed by atoms with Gasteiger partial charge in [-0.1, -0.05) is 6.07 Å². The number of pyridine rings is 1. The number of nitrogens with zero attached hydrogens (tertiary/aromatic N) is 2. The Bertz CT molecular complexity index is 631. The van der Waals surface area contributed by atoms with Crippen molar-refractivity contribution >= 4 is 35.3 Å². The number of hydrogen-bond donors (Lipinski definition) is 2. The van der Waals surface area contributed by atoms with Crippen molar-refractivity contribution in [3.8, 4) is 0 Å². The van der Waals surface area contributed by atoms with Crippen molar-refractivity contribution in [3.05, 3.63) is 23.9 Å². The summed E-state index contributed by atoms with van der Waals surface area (Å²) in [6.07, 6.45) is 0.551. The maximum atomic E-state index is 12.3. The van der Waals surface area contributed by atoms with Crippen LogP contribution >= 0.6 is 11.8 Å². The molecule has 1 unspecified atom stereocenters. The summed E-state index contributed by atoms with van der Waals surface area (Å²) in [6.45, 7) is 1.83. The fourth-order valence-corrected chi connectivity index (χ4v) is 3.48. The molecular weight excluding hydrogens is 316 g/mol. The van der Waals surface area contributed by atoms with Gasteiger partial charge in [0.2, 0.25) is 11.8 Å². The zero-order chi connectivity index (χ0) is 16.2. The Hall–Kier alpha value is -2.09. The number of rotatable bonds is 3. The number of anilines is 1. The number of carbonyl (C=O) groups excluding carboxylic acids is 3. The second kappa shape index (κ2) is 6.99. The molecule has 23 heavy (non-hydrogen) atoms. The quantitative estimate of drug-likeness (QED) is 0.766. The van der Waals surface area contributed by atoms with Crippen LogP contribution in [0.2, 0.25) is 0 Å². The molecule has 2 saturated heterocycles. The van der Waals surface area contributed by atoms with Gasteiger partial charge < -0.3 is 10.2 Å². The Labute approximate surface area is 138 Å². The Kier molecular flexibility index (Phi) is 4.80. The normalized spacial score (nSPS) is 21.7. The summed E-state index contributed by atoms with van der Waals surface area (Å²) in [5, 5.41) is 4.87. The summed E-state index contributed by atoms with van der Waals surface area (Å²) in [5.74, 6) is 1.72. The van der Waals surface area contributed by atoms with E-state index in [9.17, 15) is 14.4 Å². The molecule has 0 bridgehead atoms. The highest BCUT2D eigenvalue weighted by molar-refractivity contribution is 7.99. The first-order valence-electron chi connectivity index (χ1n) is 7.58. The molecule has 8 heteroatoms. The third kappa shape index (κ3) is 3.82. The smallest absolute Gasteiger partial charge is 0.270 e. The van der Waals surface area contributed by atoms with Crippen LogP contribution in [0.4, 0.5) is 5.82 Å². The average Bonchev–Trinajstić information content (AvgIpc) is 2.58. The Balaban J connectivity index is 1.67. The van der Waals surface area contributed by atoms with Gasteiger partial charge in [-0.05, 0) is 18.6 Å². The largest absolute Gasteiger partial charge is 0.355 e. The molecular formula is C15H18N4O3S. The number of aromatic nitrogens is 1. The van der Waals surface area contributed by atoms with Crippen molar-refractivity contribution in [1.82, 2.24) is 15.6 Å². The van der Waals surface area contributed by atoms with Gasteiger partial charge in [0.1, 0.15) is 17.6 Å². The summed E-state index contributed by atoms with van der Waals surface area (Å²) in [4.78, 5) is 41.7. The third-order valence-corrected chi connectivity index (χ3v) is 4.79. The fraction of sp³-hybridized carbons (Fsp3) is 0.467. The first-order chi connectivity index (χ1) is 11.1. The van der Waals surface area contributed by atoms with Gasteiger partial charge in [-0.3, -0.25) is 19.7 Å². The number of nitrogens with one attached hydrogen (secondary N) is 2. The number of hydrogen-bond acceptors (Lipinski definition) is 6. The van der Waals surface area contributed by atoms with Gasteiger partial charge in [-0.25, -0.2) is 4.98 Å². The summed E-state index contributed by atoms with van der Waals surface area (Å²) < 4.78 is 0. The lowest BCUT2D eigenvalue weighted by Crippen LogP contribution is -2.52. The summed E-state index contributed by atoms with van der Waals surface area (Å²) in [6, 6.07) is 4.63. The predicted octanol–water partition coefficient (Wildman–Crippen LogP) is 0.170. The van der Waals surface area contributed by atoms with E-state index in [1.165, 1.54) is 0 Å². The van der Waals surface area contributed by atoms with E-state index in [4.69, 9.17) is 0 Å². The van der Waals surface area contributed by atoms with E-state index in [1.807, 2.05) is 17.8 Å². The first-order valence-corrected chi connectivity index (χ1v) is 8.73. The molecule has 2 aliphatic heterocycles. The Morgan fingerprint density at radius 1 is 1.30 bits per heavy atom. The molecule has 3 amide bonds. The maximum Gasteiger partial charge on any atom is 0.270 e. The van der Waals surface area contributed by atoms with E-state index < -0.39 is 17.9 Å². The number of piperidine rings is 1. The molecule has 2 fully saturated rings. The van der Waals surface area contributed by atoms with Crippen molar-refractivity contribution in [2.24, 2.45) is 0 Å². The van der Waals surface area contributed by atoms with E-state index in [1.54, 1.807) is 12.1 Å². The molecule has 0 radical (unpaired) electrons. The van der Waals surface area contributed by atoms with Gasteiger partial charge in [0.25, 0.3) is 5.91 Å². The second-order valence-corrected chi connectivity index (χ2v) is 6.68. The average molecular weight is 334 g/mol. The van der Waals surface area contributed by atoms with E-state index in [0.29, 0.717) is 6.42 Å². The van der Waals surface area contributed by atoms with Gasteiger partial charge >= 0.3 is 0 Å². The summed E-state index contributed by atoms with van der Waals surface area (Å²) >= 11 is 1.91. The van der Waals surface area contributed by atoms with Crippen LogP contribution in [0.1, 0.15) is 23.3 Å². The molecule has 122 valence electrons. The molecule has 1 atom stereocenters. The van der Waals surface area contributed by atoms with Crippen molar-refractivity contribution in [2.45, 2.75) is 18.9 Å². The predicted molar refractivity (Wildman–Crippen MR) is 87.4 cm³/mol. The molecule has 0 aliphatic carbocycles. The first kappa shape index (κ1) is 15.8. The van der Waals surface area contributed by atoms with Gasteiger partial charge in [0.05, 0.1) is 0 Å². The van der Waals surface area contributed by atoms with Crippen LogP contribution in [0.15, 0.2) is 18.2 Å². The number of carbonyl (C=O) groups is 3. The van der Waals surface area contributed by atoms with E-state index in [0.717, 1.165) is 30.4 Å². The Morgan fingerprint density at radius 3 is 2.83 bits per heavy atom. The SMILES string of the molecule is O=C1CCC(NC(=O)c2cccc(N3CCSCC3)n2)C(=O)N1. The molecule has 0 saturated carbocycles. The second-order valence-electron chi connectivity index (χ2n) is 5.46. The zero-order valence-corrected chi connectivity index (χ0v) is 13.4. The minimum Gasteiger partial charge on any atom is -0.355 e. The molecule has 3 heterocycles. The molecule has 0 spiro atoms. The third-order valence-electron chi connectivity index (χ3n) is 3.85. The van der Waals surface area contributed by atoms with E-state index in [-0.39, 0.29) is 18.0 Å². The molecule has 2 aliphatic rings. The van der Waals surface area contributed by atoms with Crippen molar-refractivity contribution < 1.29 is 14.4 Å². The monoisotopic (exact) mass is 334 g/mol. The fourth-order valence-electron chi connectivity index (χ4n) is 2.58. The van der Waals surface area contributed by atoms with Crippen LogP contribution in [0, 0.1) is 0 Å². The lowest BCUT2D eigenvalue weighted by atomic mass is 10.1. The minimum atomic E-state index is -0.683. The van der Waals surface area contributed by atoms with Crippen molar-refractivity contribution in [2.75, 3.05) is 29.5 Å². The van der Waals surface area contributed by atoms with Gasteiger partial charge in [0.15, 0.2) is 0 Å². The Morgan fingerprint density at radius 2 is 2.09 bits per heavy atom. The highest BCUT2D eigenvalue weighted by Gasteiger charge is 2.28. The zero-order valence-electron chi connectivity index (χ0n) is 12.6. The van der Waals surface area contributed by atoms with Crippen LogP contribution in [-0.4, -0.2) is 53.3 Å². The van der Waals surface area contributed by atoms with E-state index in [2.05, 4.69) is 20.5 Å². The number of imide groups is 1. The van der Waals surface area contributed by atoms with Crippen LogP contribution in [0.3, 0.4) is 0 Å². The highest BCUT2D eigenvalue weighted by atomic mass is 32.2. The van der Waals surface area contributed by atoms with Crippen LogP contribution < -0.4 is 15.5 Å².